The van der Waals surface area contributed by atoms with Crippen molar-refractivity contribution in [3.63, 3.8) is 0 Å². The number of hydrogen-bond acceptors (Lipinski definition) is 3. The van der Waals surface area contributed by atoms with Gasteiger partial charge in [0, 0.05) is 24.7 Å². The van der Waals surface area contributed by atoms with Crippen molar-refractivity contribution in [1.29, 1.82) is 0 Å². The van der Waals surface area contributed by atoms with Crippen LogP contribution in [0, 0.1) is 5.92 Å². The van der Waals surface area contributed by atoms with Crippen LogP contribution in [0.1, 0.15) is 32.6 Å². The van der Waals surface area contributed by atoms with Crippen molar-refractivity contribution in [3.8, 4) is 0 Å². The van der Waals surface area contributed by atoms with Crippen molar-refractivity contribution < 1.29 is 14.7 Å². The summed E-state index contributed by atoms with van der Waals surface area (Å²) in [7, 11) is 0. The number of carbonyl (C=O) groups is 2. The van der Waals surface area contributed by atoms with E-state index in [4.69, 9.17) is 5.11 Å². The monoisotopic (exact) mass is 252 g/mol. The highest BCUT2D eigenvalue weighted by Gasteiger charge is 2.28. The van der Waals surface area contributed by atoms with Gasteiger partial charge >= 0.3 is 5.97 Å². The third-order valence-electron chi connectivity index (χ3n) is 3.91. The number of carbonyl (C=O) groups excluding carboxylic acids is 1. The smallest absolute Gasteiger partial charge is 0.306 e. The Hall–Kier alpha value is -1.36. The average Bonchev–Trinajstić information content (AvgIpc) is 2.26. The van der Waals surface area contributed by atoms with E-state index >= 15 is 0 Å². The van der Waals surface area contributed by atoms with E-state index in [1.54, 1.807) is 0 Å². The molecule has 3 N–H and O–H groups in total. The zero-order valence-corrected chi connectivity index (χ0v) is 10.7. The van der Waals surface area contributed by atoms with E-state index in [0.29, 0.717) is 6.42 Å². The largest absolute Gasteiger partial charge is 0.481 e. The lowest BCUT2D eigenvalue weighted by atomic mass is 9.85. The summed E-state index contributed by atoms with van der Waals surface area (Å²) >= 11 is 0. The van der Waals surface area contributed by atoms with Gasteiger partial charge in [0.1, 0.15) is 0 Å². The van der Waals surface area contributed by atoms with Gasteiger partial charge < -0.3 is 15.7 Å². The highest BCUT2D eigenvalue weighted by atomic mass is 16.4. The summed E-state index contributed by atoms with van der Waals surface area (Å²) < 4.78 is 0. The summed E-state index contributed by atoms with van der Waals surface area (Å²) in [6, 6.07) is 0.0101. The highest BCUT2D eigenvalue weighted by Crippen LogP contribution is 2.24. The maximum atomic E-state index is 12.0. The second kappa shape index (κ2) is 5.52. The summed E-state index contributed by atoms with van der Waals surface area (Å²) in [5.74, 6) is -1.09. The Bertz CT molecular complexity index is 384. The van der Waals surface area contributed by atoms with Gasteiger partial charge in [0.15, 0.2) is 0 Å². The van der Waals surface area contributed by atoms with E-state index in [-0.39, 0.29) is 17.9 Å². The number of amides is 1. The predicted molar refractivity (Wildman–Crippen MR) is 67.1 cm³/mol. The quantitative estimate of drug-likeness (QED) is 0.645. The first-order valence-electron chi connectivity index (χ1n) is 6.51. The fraction of sp³-hybridized carbons (Fsp3) is 0.692. The third-order valence-corrected chi connectivity index (χ3v) is 3.91. The molecule has 2 rings (SSSR count). The van der Waals surface area contributed by atoms with Crippen LogP contribution in [-0.2, 0) is 9.59 Å². The SMILES string of the molecule is CC(C(=O)NC1CCCC(C(=O)O)C1)=C1CNC1. The van der Waals surface area contributed by atoms with E-state index in [0.717, 1.165) is 43.5 Å². The van der Waals surface area contributed by atoms with E-state index < -0.39 is 5.97 Å². The van der Waals surface area contributed by atoms with Crippen LogP contribution in [0.3, 0.4) is 0 Å². The Balaban J connectivity index is 1.89. The molecule has 1 aliphatic carbocycles. The molecule has 1 saturated carbocycles. The van der Waals surface area contributed by atoms with Crippen molar-refractivity contribution in [3.05, 3.63) is 11.1 Å². The molecular formula is C13H20N2O3. The van der Waals surface area contributed by atoms with Gasteiger partial charge in [-0.1, -0.05) is 6.42 Å². The van der Waals surface area contributed by atoms with Gasteiger partial charge in [0.2, 0.25) is 5.91 Å². The molecule has 2 unspecified atom stereocenters. The van der Waals surface area contributed by atoms with Crippen LogP contribution in [-0.4, -0.2) is 36.1 Å². The summed E-state index contributed by atoms with van der Waals surface area (Å²) in [5, 5.41) is 15.1. The number of carboxylic acid groups (broad SMARTS) is 1. The van der Waals surface area contributed by atoms with E-state index in [9.17, 15) is 9.59 Å². The van der Waals surface area contributed by atoms with Crippen LogP contribution in [0.25, 0.3) is 0 Å². The summed E-state index contributed by atoms with van der Waals surface area (Å²) in [6.45, 7) is 3.42. The van der Waals surface area contributed by atoms with Crippen molar-refractivity contribution in [2.75, 3.05) is 13.1 Å². The van der Waals surface area contributed by atoms with Crippen LogP contribution in [0.5, 0.6) is 0 Å². The van der Waals surface area contributed by atoms with Crippen molar-refractivity contribution in [2.24, 2.45) is 5.92 Å². The number of hydrogen-bond donors (Lipinski definition) is 3. The van der Waals surface area contributed by atoms with Gasteiger partial charge in [0.25, 0.3) is 0 Å². The average molecular weight is 252 g/mol. The van der Waals surface area contributed by atoms with Crippen LogP contribution >= 0.6 is 0 Å². The van der Waals surface area contributed by atoms with E-state index in [1.807, 2.05) is 6.92 Å². The molecular weight excluding hydrogens is 232 g/mol. The molecule has 0 spiro atoms. The molecule has 2 aliphatic rings. The Morgan fingerprint density at radius 1 is 1.33 bits per heavy atom. The summed E-state index contributed by atoms with van der Waals surface area (Å²) in [6.07, 6.45) is 3.04. The summed E-state index contributed by atoms with van der Waals surface area (Å²) in [4.78, 5) is 22.9. The third kappa shape index (κ3) is 2.90. The van der Waals surface area contributed by atoms with Gasteiger partial charge in [-0.15, -0.1) is 0 Å². The fourth-order valence-electron chi connectivity index (χ4n) is 2.51. The van der Waals surface area contributed by atoms with Crippen LogP contribution in [0.15, 0.2) is 11.1 Å². The molecule has 0 bridgehead atoms. The maximum Gasteiger partial charge on any atom is 0.306 e. The minimum atomic E-state index is -0.743. The van der Waals surface area contributed by atoms with Crippen molar-refractivity contribution in [2.45, 2.75) is 38.6 Å². The van der Waals surface area contributed by atoms with Gasteiger partial charge in [-0.3, -0.25) is 9.59 Å². The molecule has 1 aliphatic heterocycles. The van der Waals surface area contributed by atoms with Gasteiger partial charge in [-0.25, -0.2) is 0 Å². The Morgan fingerprint density at radius 2 is 2.06 bits per heavy atom. The maximum absolute atomic E-state index is 12.0. The Kier molecular flexibility index (Phi) is 4.01. The van der Waals surface area contributed by atoms with Crippen molar-refractivity contribution in [1.82, 2.24) is 10.6 Å². The summed E-state index contributed by atoms with van der Waals surface area (Å²) in [5.41, 5.74) is 1.93. The molecule has 5 nitrogen and oxygen atoms in total. The normalized spacial score (nSPS) is 27.3. The standard InChI is InChI=1S/C13H20N2O3/c1-8(10-6-14-7-10)12(16)15-11-4-2-3-9(5-11)13(17)18/h9,11,14H,2-7H2,1H3,(H,15,16)(H,17,18). The zero-order chi connectivity index (χ0) is 13.1. The second-order valence-electron chi connectivity index (χ2n) is 5.20. The van der Waals surface area contributed by atoms with Gasteiger partial charge in [-0.05, 0) is 31.8 Å². The van der Waals surface area contributed by atoms with Crippen LogP contribution in [0.4, 0.5) is 0 Å². The molecule has 100 valence electrons. The minimum Gasteiger partial charge on any atom is -0.481 e. The van der Waals surface area contributed by atoms with Gasteiger partial charge in [-0.2, -0.15) is 0 Å². The second-order valence-corrected chi connectivity index (χ2v) is 5.20. The molecule has 1 saturated heterocycles. The van der Waals surface area contributed by atoms with Crippen LogP contribution < -0.4 is 10.6 Å². The number of aliphatic carboxylic acids is 1. The van der Waals surface area contributed by atoms with Gasteiger partial charge in [0.05, 0.1) is 5.92 Å². The Morgan fingerprint density at radius 3 is 2.61 bits per heavy atom. The van der Waals surface area contributed by atoms with E-state index in [2.05, 4.69) is 10.6 Å². The molecule has 2 atom stereocenters. The first-order chi connectivity index (χ1) is 8.58. The number of nitrogens with one attached hydrogen (secondary N) is 2. The molecule has 0 aromatic heterocycles. The first kappa shape index (κ1) is 13.1. The lowest BCUT2D eigenvalue weighted by molar-refractivity contribution is -0.143. The highest BCUT2D eigenvalue weighted by molar-refractivity contribution is 5.94. The van der Waals surface area contributed by atoms with E-state index in [1.165, 1.54) is 0 Å². The molecule has 2 fully saturated rings. The molecule has 0 aromatic rings. The Labute approximate surface area is 107 Å². The first-order valence-corrected chi connectivity index (χ1v) is 6.51. The lowest BCUT2D eigenvalue weighted by Crippen LogP contribution is -2.42. The van der Waals surface area contributed by atoms with Crippen LogP contribution in [0.2, 0.25) is 0 Å². The topological polar surface area (TPSA) is 78.4 Å². The molecule has 1 heterocycles. The minimum absolute atomic E-state index is 0.0101. The number of carboxylic acids is 1. The zero-order valence-electron chi connectivity index (χ0n) is 10.7. The molecule has 0 aromatic carbocycles. The number of rotatable bonds is 3. The molecule has 5 heteroatoms. The predicted octanol–water partition coefficient (Wildman–Crippen LogP) is 0.666. The molecule has 1 amide bonds. The fourth-order valence-corrected chi connectivity index (χ4v) is 2.51. The lowest BCUT2D eigenvalue weighted by Gasteiger charge is -2.28. The van der Waals surface area contributed by atoms with Crippen molar-refractivity contribution >= 4 is 11.9 Å². The molecule has 0 radical (unpaired) electrons. The molecule has 18 heavy (non-hydrogen) atoms.